The molecule has 22 heavy (non-hydrogen) atoms. The highest BCUT2D eigenvalue weighted by molar-refractivity contribution is 5.89. The van der Waals surface area contributed by atoms with E-state index in [0.717, 1.165) is 11.1 Å². The van der Waals surface area contributed by atoms with Gasteiger partial charge in [-0.3, -0.25) is 0 Å². The number of methoxy groups -OCH3 is 1. The Kier molecular flexibility index (Phi) is 6.13. The number of hydrogen-bond donors (Lipinski definition) is 2. The molecular weight excluding hydrogens is 278 g/mol. The minimum Gasteiger partial charge on any atom is -0.465 e. The Labute approximate surface area is 130 Å². The molecule has 0 radical (unpaired) electrons. The van der Waals surface area contributed by atoms with Crippen molar-refractivity contribution in [2.75, 3.05) is 13.7 Å². The van der Waals surface area contributed by atoms with Crippen LogP contribution >= 0.6 is 0 Å². The van der Waals surface area contributed by atoms with E-state index in [1.807, 2.05) is 42.5 Å². The average Bonchev–Trinajstić information content (AvgIpc) is 2.59. The predicted octanol–water partition coefficient (Wildman–Crippen LogP) is 2.69. The molecule has 0 fully saturated rings. The van der Waals surface area contributed by atoms with Crippen LogP contribution in [0.5, 0.6) is 0 Å². The van der Waals surface area contributed by atoms with Gasteiger partial charge in [0.15, 0.2) is 0 Å². The SMILES string of the molecule is COC(=O)c1ccc(CNC(CCO)c2ccccc2)cc1. The fraction of sp³-hybridized carbons (Fsp3) is 0.278. The van der Waals surface area contributed by atoms with Crippen LogP contribution in [0.1, 0.15) is 33.9 Å². The first-order chi connectivity index (χ1) is 10.7. The summed E-state index contributed by atoms with van der Waals surface area (Å²) in [6, 6.07) is 17.5. The molecule has 0 aromatic heterocycles. The molecule has 0 spiro atoms. The zero-order valence-electron chi connectivity index (χ0n) is 12.7. The molecule has 116 valence electrons. The minimum atomic E-state index is -0.332. The Morgan fingerprint density at radius 2 is 1.82 bits per heavy atom. The lowest BCUT2D eigenvalue weighted by Gasteiger charge is -2.18. The second-order valence-corrected chi connectivity index (χ2v) is 5.04. The van der Waals surface area contributed by atoms with E-state index >= 15 is 0 Å². The average molecular weight is 299 g/mol. The smallest absolute Gasteiger partial charge is 0.337 e. The molecule has 1 unspecified atom stereocenters. The van der Waals surface area contributed by atoms with Crippen LogP contribution in [0.2, 0.25) is 0 Å². The number of carbonyl (C=O) groups excluding carboxylic acids is 1. The third-order valence-corrected chi connectivity index (χ3v) is 3.55. The van der Waals surface area contributed by atoms with Crippen LogP contribution in [0.15, 0.2) is 54.6 Å². The minimum absolute atomic E-state index is 0.103. The maximum absolute atomic E-state index is 11.4. The number of esters is 1. The Morgan fingerprint density at radius 3 is 2.41 bits per heavy atom. The van der Waals surface area contributed by atoms with Crippen molar-refractivity contribution in [3.05, 3.63) is 71.3 Å². The van der Waals surface area contributed by atoms with Gasteiger partial charge < -0.3 is 15.2 Å². The molecule has 2 rings (SSSR count). The Hall–Kier alpha value is -2.17. The summed E-state index contributed by atoms with van der Waals surface area (Å²) in [6.07, 6.45) is 0.657. The van der Waals surface area contributed by atoms with Gasteiger partial charge in [0, 0.05) is 19.2 Å². The molecule has 0 heterocycles. The maximum atomic E-state index is 11.4. The summed E-state index contributed by atoms with van der Waals surface area (Å²) in [5, 5.41) is 12.7. The van der Waals surface area contributed by atoms with Gasteiger partial charge in [0.25, 0.3) is 0 Å². The standard InChI is InChI=1S/C18H21NO3/c1-22-18(21)16-9-7-14(8-10-16)13-19-17(11-12-20)15-5-3-2-4-6-15/h2-10,17,19-20H,11-13H2,1H3. The van der Waals surface area contributed by atoms with E-state index in [1.54, 1.807) is 12.1 Å². The summed E-state index contributed by atoms with van der Waals surface area (Å²) < 4.78 is 4.68. The fourth-order valence-electron chi connectivity index (χ4n) is 2.32. The third kappa shape index (κ3) is 4.41. The van der Waals surface area contributed by atoms with Gasteiger partial charge in [-0.05, 0) is 29.7 Å². The van der Waals surface area contributed by atoms with E-state index in [1.165, 1.54) is 7.11 Å². The van der Waals surface area contributed by atoms with Gasteiger partial charge in [0.05, 0.1) is 12.7 Å². The largest absolute Gasteiger partial charge is 0.465 e. The maximum Gasteiger partial charge on any atom is 0.337 e. The van der Waals surface area contributed by atoms with Crippen molar-refractivity contribution < 1.29 is 14.6 Å². The van der Waals surface area contributed by atoms with Crippen LogP contribution in [0.4, 0.5) is 0 Å². The number of aliphatic hydroxyl groups excluding tert-OH is 1. The highest BCUT2D eigenvalue weighted by atomic mass is 16.5. The molecule has 0 saturated heterocycles. The second kappa shape index (κ2) is 8.32. The topological polar surface area (TPSA) is 58.6 Å². The lowest BCUT2D eigenvalue weighted by atomic mass is 10.0. The first-order valence-corrected chi connectivity index (χ1v) is 7.31. The van der Waals surface area contributed by atoms with Crippen LogP contribution in [0, 0.1) is 0 Å². The van der Waals surface area contributed by atoms with E-state index in [9.17, 15) is 9.90 Å². The van der Waals surface area contributed by atoms with Crippen LogP contribution in [0.25, 0.3) is 0 Å². The number of hydrogen-bond acceptors (Lipinski definition) is 4. The molecule has 0 aliphatic heterocycles. The van der Waals surface area contributed by atoms with Crippen molar-refractivity contribution in [3.8, 4) is 0 Å². The zero-order valence-corrected chi connectivity index (χ0v) is 12.7. The van der Waals surface area contributed by atoms with Crippen molar-refractivity contribution in [3.63, 3.8) is 0 Å². The van der Waals surface area contributed by atoms with Crippen LogP contribution in [0.3, 0.4) is 0 Å². The van der Waals surface area contributed by atoms with Crippen LogP contribution in [-0.2, 0) is 11.3 Å². The van der Waals surface area contributed by atoms with Gasteiger partial charge in [0.1, 0.15) is 0 Å². The van der Waals surface area contributed by atoms with Crippen molar-refractivity contribution in [1.82, 2.24) is 5.32 Å². The number of benzene rings is 2. The number of ether oxygens (including phenoxy) is 1. The summed E-state index contributed by atoms with van der Waals surface area (Å²) in [7, 11) is 1.37. The van der Waals surface area contributed by atoms with Crippen molar-refractivity contribution in [2.45, 2.75) is 19.0 Å². The summed E-state index contributed by atoms with van der Waals surface area (Å²) in [5.74, 6) is -0.332. The van der Waals surface area contributed by atoms with E-state index < -0.39 is 0 Å². The normalized spacial score (nSPS) is 11.9. The molecule has 4 heteroatoms. The monoisotopic (exact) mass is 299 g/mol. The summed E-state index contributed by atoms with van der Waals surface area (Å²) >= 11 is 0. The van der Waals surface area contributed by atoms with Gasteiger partial charge in [-0.2, -0.15) is 0 Å². The van der Waals surface area contributed by atoms with Gasteiger partial charge >= 0.3 is 5.97 Å². The molecule has 0 amide bonds. The number of rotatable bonds is 7. The molecule has 0 bridgehead atoms. The second-order valence-electron chi connectivity index (χ2n) is 5.04. The van der Waals surface area contributed by atoms with Crippen LogP contribution < -0.4 is 5.32 Å². The van der Waals surface area contributed by atoms with Gasteiger partial charge in [-0.15, -0.1) is 0 Å². The number of nitrogens with one attached hydrogen (secondary N) is 1. The lowest BCUT2D eigenvalue weighted by molar-refractivity contribution is 0.0600. The van der Waals surface area contributed by atoms with E-state index in [2.05, 4.69) is 10.1 Å². The van der Waals surface area contributed by atoms with Crippen LogP contribution in [-0.4, -0.2) is 24.8 Å². The molecule has 0 aliphatic rings. The molecular formula is C18H21NO3. The van der Waals surface area contributed by atoms with Crippen molar-refractivity contribution >= 4 is 5.97 Å². The fourth-order valence-corrected chi connectivity index (χ4v) is 2.32. The quantitative estimate of drug-likeness (QED) is 0.772. The first-order valence-electron chi connectivity index (χ1n) is 7.31. The zero-order chi connectivity index (χ0) is 15.8. The number of carbonyl (C=O) groups is 1. The predicted molar refractivity (Wildman–Crippen MR) is 85.5 cm³/mol. The molecule has 2 N–H and O–H groups in total. The molecule has 4 nitrogen and oxygen atoms in total. The van der Waals surface area contributed by atoms with E-state index in [0.29, 0.717) is 18.5 Å². The first kappa shape index (κ1) is 16.2. The molecule has 2 aromatic carbocycles. The molecule has 2 aromatic rings. The summed E-state index contributed by atoms with van der Waals surface area (Å²) in [4.78, 5) is 11.4. The summed E-state index contributed by atoms with van der Waals surface area (Å²) in [6.45, 7) is 0.800. The van der Waals surface area contributed by atoms with E-state index in [-0.39, 0.29) is 18.6 Å². The Balaban J connectivity index is 1.99. The Bertz CT molecular complexity index is 581. The third-order valence-electron chi connectivity index (χ3n) is 3.55. The van der Waals surface area contributed by atoms with Gasteiger partial charge in [0.2, 0.25) is 0 Å². The molecule has 0 saturated carbocycles. The lowest BCUT2D eigenvalue weighted by Crippen LogP contribution is -2.22. The van der Waals surface area contributed by atoms with E-state index in [4.69, 9.17) is 0 Å². The number of aliphatic hydroxyl groups is 1. The Morgan fingerprint density at radius 1 is 1.14 bits per heavy atom. The summed E-state index contributed by atoms with van der Waals surface area (Å²) in [5.41, 5.74) is 2.77. The molecule has 1 atom stereocenters. The van der Waals surface area contributed by atoms with Crippen molar-refractivity contribution in [2.24, 2.45) is 0 Å². The molecule has 0 aliphatic carbocycles. The highest BCUT2D eigenvalue weighted by Gasteiger charge is 2.10. The van der Waals surface area contributed by atoms with Gasteiger partial charge in [-0.25, -0.2) is 4.79 Å². The van der Waals surface area contributed by atoms with Gasteiger partial charge in [-0.1, -0.05) is 42.5 Å². The highest BCUT2D eigenvalue weighted by Crippen LogP contribution is 2.17. The van der Waals surface area contributed by atoms with Crippen molar-refractivity contribution in [1.29, 1.82) is 0 Å².